The van der Waals surface area contributed by atoms with Crippen LogP contribution in [0.15, 0.2) is 0 Å². The van der Waals surface area contributed by atoms with E-state index in [2.05, 4.69) is 72.0 Å². The highest BCUT2D eigenvalue weighted by Gasteiger charge is 2.32. The summed E-state index contributed by atoms with van der Waals surface area (Å²) in [6.07, 6.45) is 0. The third-order valence-electron chi connectivity index (χ3n) is 4.01. The molecule has 0 bridgehead atoms. The van der Waals surface area contributed by atoms with Gasteiger partial charge < -0.3 is 0 Å². The summed E-state index contributed by atoms with van der Waals surface area (Å²) in [5.74, 6) is 0. The molecule has 131 valence electrons. The Bertz CT molecular complexity index is 319. The molecule has 0 saturated heterocycles. The minimum Gasteiger partial charge on any atom is -0.0715 e. The van der Waals surface area contributed by atoms with Crippen molar-refractivity contribution in [2.24, 2.45) is 0 Å². The molecule has 0 aliphatic heterocycles. The Morgan fingerprint density at radius 1 is 0.500 bits per heavy atom. The molecule has 0 fully saturated rings. The first-order valence-electron chi connectivity index (χ1n) is 9.04. The summed E-state index contributed by atoms with van der Waals surface area (Å²) >= 11 is 0. The van der Waals surface area contributed by atoms with Gasteiger partial charge in [-0.15, -0.1) is 0 Å². The Kier molecular flexibility index (Phi) is 9.66. The zero-order chi connectivity index (χ0) is 17.8. The molecule has 0 N–H and O–H groups in total. The van der Waals surface area contributed by atoms with Crippen molar-refractivity contribution in [3.8, 4) is 0 Å². The summed E-state index contributed by atoms with van der Waals surface area (Å²) in [5.41, 5.74) is 8.33. The maximum absolute atomic E-state index is 2.71. The van der Waals surface area contributed by atoms with E-state index < -0.39 is 24.2 Å². The Labute approximate surface area is 150 Å². The van der Waals surface area contributed by atoms with Crippen LogP contribution in [0.25, 0.3) is 0 Å². The van der Waals surface area contributed by atoms with E-state index in [-0.39, 0.29) is 26.4 Å². The molecule has 0 aliphatic rings. The minimum atomic E-state index is -0.926. The second-order valence-electron chi connectivity index (χ2n) is 10.9. The van der Waals surface area contributed by atoms with Crippen molar-refractivity contribution < 1.29 is 0 Å². The fourth-order valence-electron chi connectivity index (χ4n) is 4.56. The van der Waals surface area contributed by atoms with E-state index in [1.165, 1.54) is 0 Å². The molecule has 0 spiro atoms. The summed E-state index contributed by atoms with van der Waals surface area (Å²) in [4.78, 5) is 0. The molecular formula is C16H43Si6. The topological polar surface area (TPSA) is 0 Å². The van der Waals surface area contributed by atoms with E-state index in [4.69, 9.17) is 0 Å². The largest absolute Gasteiger partial charge is 0.0715 e. The van der Waals surface area contributed by atoms with Crippen molar-refractivity contribution in [3.05, 3.63) is 0 Å². The first kappa shape index (κ1) is 23.3. The molecule has 22 heavy (non-hydrogen) atoms. The fraction of sp³-hybridized carbons (Fsp3) is 1.00. The van der Waals surface area contributed by atoms with Gasteiger partial charge in [-0.2, -0.15) is 0 Å². The van der Waals surface area contributed by atoms with Crippen molar-refractivity contribution in [2.75, 3.05) is 0 Å². The van der Waals surface area contributed by atoms with Gasteiger partial charge in [0.1, 0.15) is 0 Å². The van der Waals surface area contributed by atoms with Crippen molar-refractivity contribution >= 4 is 50.6 Å². The summed E-state index contributed by atoms with van der Waals surface area (Å²) in [5, 5.41) is 0. The van der Waals surface area contributed by atoms with Crippen LogP contribution in [0, 0.1) is 0 Å². The predicted molar refractivity (Wildman–Crippen MR) is 123 cm³/mol. The van der Waals surface area contributed by atoms with Gasteiger partial charge in [0.15, 0.2) is 0 Å². The normalized spacial score (nSPS) is 14.5. The van der Waals surface area contributed by atoms with Crippen LogP contribution in [0.4, 0.5) is 0 Å². The minimum absolute atomic E-state index is 0.0196. The third-order valence-corrected chi connectivity index (χ3v) is 36.0. The molecule has 0 amide bonds. The Morgan fingerprint density at radius 3 is 1.14 bits per heavy atom. The molecule has 0 saturated carbocycles. The standard InChI is InChI=1S/C16H43Si6/c1-17(2)12-21(8,9)15-19(4)16-22(10,11)14-18(3)13-20(5,6)7/h12-16H2,1-11H3. The lowest BCUT2D eigenvalue weighted by Gasteiger charge is -2.33. The summed E-state index contributed by atoms with van der Waals surface area (Å²) in [7, 11) is -2.78. The number of hydrogen-bond acceptors (Lipinski definition) is 0. The van der Waals surface area contributed by atoms with E-state index in [9.17, 15) is 0 Å². The SMILES string of the molecule is C[Si](C)C[Si](C)(C)C[Si](C)C[Si](C)(C)C[Si](C)C[Si](C)(C)C. The second-order valence-corrected chi connectivity index (χ2v) is 38.0. The monoisotopic (exact) mass is 403 g/mol. The van der Waals surface area contributed by atoms with Gasteiger partial charge >= 0.3 is 0 Å². The molecule has 0 nitrogen and oxygen atoms in total. The van der Waals surface area contributed by atoms with Gasteiger partial charge in [-0.05, 0) is 0 Å². The number of rotatable bonds is 10. The average molecular weight is 404 g/mol. The van der Waals surface area contributed by atoms with Gasteiger partial charge in [0.05, 0.1) is 0 Å². The van der Waals surface area contributed by atoms with E-state index in [1.54, 1.807) is 28.3 Å². The lowest BCUT2D eigenvalue weighted by atomic mass is 11.7. The molecule has 3 radical (unpaired) electrons. The maximum atomic E-state index is 2.71. The van der Waals surface area contributed by atoms with E-state index in [0.717, 1.165) is 0 Å². The van der Waals surface area contributed by atoms with Crippen molar-refractivity contribution in [2.45, 2.75) is 100 Å². The smallest absolute Gasteiger partial charge is 0.0417 e. The first-order chi connectivity index (χ1) is 9.62. The van der Waals surface area contributed by atoms with Gasteiger partial charge in [-0.3, -0.25) is 0 Å². The highest BCUT2D eigenvalue weighted by atomic mass is 28.4. The zero-order valence-corrected chi connectivity index (χ0v) is 23.5. The van der Waals surface area contributed by atoms with Crippen LogP contribution in [-0.2, 0) is 0 Å². The lowest BCUT2D eigenvalue weighted by Crippen LogP contribution is -2.42. The van der Waals surface area contributed by atoms with Crippen molar-refractivity contribution in [1.82, 2.24) is 0 Å². The zero-order valence-electron chi connectivity index (χ0n) is 17.5. The van der Waals surface area contributed by atoms with Crippen LogP contribution in [0.1, 0.15) is 0 Å². The van der Waals surface area contributed by atoms with Crippen LogP contribution in [0.5, 0.6) is 0 Å². The van der Waals surface area contributed by atoms with E-state index >= 15 is 0 Å². The van der Waals surface area contributed by atoms with E-state index in [1.807, 2.05) is 0 Å². The Hall–Kier alpha value is 1.30. The highest BCUT2D eigenvalue weighted by molar-refractivity contribution is 7.01. The van der Waals surface area contributed by atoms with Gasteiger partial charge in [-0.25, -0.2) is 0 Å². The molecular weight excluding hydrogens is 361 g/mol. The van der Waals surface area contributed by atoms with Gasteiger partial charge in [-0.1, -0.05) is 100 Å². The Morgan fingerprint density at radius 2 is 0.818 bits per heavy atom. The molecule has 6 heteroatoms. The molecule has 0 aromatic heterocycles. The Balaban J connectivity index is 4.45. The maximum Gasteiger partial charge on any atom is 0.0417 e. The molecule has 0 unspecified atom stereocenters. The summed E-state index contributed by atoms with van der Waals surface area (Å²) in [6.45, 7) is 28.8. The number of hydrogen-bond donors (Lipinski definition) is 0. The average Bonchev–Trinajstić information content (AvgIpc) is 2.05. The fourth-order valence-corrected chi connectivity index (χ4v) is 45.6. The molecule has 0 rings (SSSR count). The molecule has 0 atom stereocenters. The van der Waals surface area contributed by atoms with Gasteiger partial charge in [0.2, 0.25) is 0 Å². The van der Waals surface area contributed by atoms with Gasteiger partial charge in [0.25, 0.3) is 0 Å². The molecule has 0 heterocycles. The van der Waals surface area contributed by atoms with Gasteiger partial charge in [0, 0.05) is 50.6 Å². The molecule has 0 aromatic carbocycles. The van der Waals surface area contributed by atoms with Crippen molar-refractivity contribution in [1.29, 1.82) is 0 Å². The summed E-state index contributed by atoms with van der Waals surface area (Å²) < 4.78 is 0. The van der Waals surface area contributed by atoms with Crippen LogP contribution in [0.2, 0.25) is 100 Å². The van der Waals surface area contributed by atoms with Crippen LogP contribution < -0.4 is 0 Å². The molecule has 0 aromatic rings. The lowest BCUT2D eigenvalue weighted by molar-refractivity contribution is 1.45. The van der Waals surface area contributed by atoms with Crippen LogP contribution in [-0.4, -0.2) is 50.6 Å². The third kappa shape index (κ3) is 12.7. The van der Waals surface area contributed by atoms with Crippen molar-refractivity contribution in [3.63, 3.8) is 0 Å². The quantitative estimate of drug-likeness (QED) is 0.368. The van der Waals surface area contributed by atoms with E-state index in [0.29, 0.717) is 0 Å². The molecule has 0 aliphatic carbocycles. The van der Waals surface area contributed by atoms with Crippen LogP contribution in [0.3, 0.4) is 0 Å². The second kappa shape index (κ2) is 9.12. The van der Waals surface area contributed by atoms with Crippen LogP contribution >= 0.6 is 0 Å². The summed E-state index contributed by atoms with van der Waals surface area (Å²) in [6, 6.07) is 0. The first-order valence-corrected chi connectivity index (χ1v) is 27.1. The highest BCUT2D eigenvalue weighted by Crippen LogP contribution is 2.27. The predicted octanol–water partition coefficient (Wildman–Crippen LogP) is 6.44.